The topological polar surface area (TPSA) is 20.3 Å². The van der Waals surface area contributed by atoms with Crippen LogP contribution in [0.1, 0.15) is 75.1 Å². The Kier molecular flexibility index (Phi) is 7.80. The molecular weight excluding hydrogens is 409 g/mol. The summed E-state index contributed by atoms with van der Waals surface area (Å²) in [6, 6.07) is 15.3. The maximum absolute atomic E-state index is 15.5. The lowest BCUT2D eigenvalue weighted by atomic mass is 9.75. The Morgan fingerprint density at radius 3 is 2.67 bits per heavy atom. The van der Waals surface area contributed by atoms with E-state index in [-0.39, 0.29) is 35.5 Å². The van der Waals surface area contributed by atoms with Crippen molar-refractivity contribution >= 4 is 12.0 Å². The SMILES string of the molecule is CCCCCC/C=C/c1ccc([C@H]2[C@@H]3C=CC[C@H](C)[C@H]3C(=O)N2Cc2ccccc2)c(F)c1. The standard InChI is InChI=1S/C30H36FNO/c1-3-4-5-6-7-9-14-23-18-19-25(27(31)20-23)29-26-17-12-13-22(2)28(26)30(33)32(29)21-24-15-10-8-11-16-24/h8-12,14-20,22,26,28-29H,3-7,13,21H2,1-2H3/b14-9+/t22-,26+,28+,29-/m0/s1. The minimum absolute atomic E-state index is 0.0134. The van der Waals surface area contributed by atoms with Gasteiger partial charge in [0.05, 0.1) is 6.04 Å². The summed E-state index contributed by atoms with van der Waals surface area (Å²) in [4.78, 5) is 15.4. The number of carbonyl (C=O) groups is 1. The third-order valence-electron chi connectivity index (χ3n) is 7.24. The molecule has 0 unspecified atom stereocenters. The summed E-state index contributed by atoms with van der Waals surface area (Å²) < 4.78 is 15.5. The van der Waals surface area contributed by atoms with E-state index in [0.29, 0.717) is 12.1 Å². The number of benzene rings is 2. The quantitative estimate of drug-likeness (QED) is 0.286. The number of halogens is 1. The highest BCUT2D eigenvalue weighted by Gasteiger charge is 2.50. The number of hydrogen-bond donors (Lipinski definition) is 0. The number of unbranched alkanes of at least 4 members (excludes halogenated alkanes) is 4. The molecule has 1 fully saturated rings. The lowest BCUT2D eigenvalue weighted by molar-refractivity contribution is -0.134. The zero-order chi connectivity index (χ0) is 23.2. The van der Waals surface area contributed by atoms with Crippen LogP contribution in [0.3, 0.4) is 0 Å². The maximum Gasteiger partial charge on any atom is 0.227 e. The zero-order valence-electron chi connectivity index (χ0n) is 19.9. The molecule has 1 saturated heterocycles. The molecule has 0 aromatic heterocycles. The number of hydrogen-bond acceptors (Lipinski definition) is 1. The predicted molar refractivity (Wildman–Crippen MR) is 134 cm³/mol. The molecule has 2 aromatic rings. The average molecular weight is 446 g/mol. The number of fused-ring (bicyclic) bond motifs is 1. The fraction of sp³-hybridized carbons (Fsp3) is 0.433. The molecule has 0 saturated carbocycles. The highest BCUT2D eigenvalue weighted by molar-refractivity contribution is 5.83. The molecule has 1 aliphatic heterocycles. The van der Waals surface area contributed by atoms with E-state index in [1.165, 1.54) is 25.7 Å². The first-order valence-corrected chi connectivity index (χ1v) is 12.6. The first-order chi connectivity index (χ1) is 16.1. The van der Waals surface area contributed by atoms with E-state index in [9.17, 15) is 4.79 Å². The molecule has 1 aliphatic carbocycles. The fourth-order valence-electron chi connectivity index (χ4n) is 5.47. The molecule has 4 atom stereocenters. The van der Waals surface area contributed by atoms with Gasteiger partial charge in [-0.2, -0.15) is 0 Å². The molecule has 174 valence electrons. The lowest BCUT2D eigenvalue weighted by Gasteiger charge is -2.30. The van der Waals surface area contributed by atoms with Crippen LogP contribution in [-0.4, -0.2) is 10.8 Å². The van der Waals surface area contributed by atoms with E-state index < -0.39 is 0 Å². The summed E-state index contributed by atoms with van der Waals surface area (Å²) in [5.41, 5.74) is 2.59. The van der Waals surface area contributed by atoms with Gasteiger partial charge in [0.15, 0.2) is 0 Å². The summed E-state index contributed by atoms with van der Waals surface area (Å²) in [5, 5.41) is 0. The van der Waals surface area contributed by atoms with Gasteiger partial charge < -0.3 is 4.90 Å². The molecule has 1 amide bonds. The van der Waals surface area contributed by atoms with Crippen molar-refractivity contribution in [2.24, 2.45) is 17.8 Å². The van der Waals surface area contributed by atoms with Crippen molar-refractivity contribution in [3.05, 3.63) is 89.3 Å². The average Bonchev–Trinajstić information content (AvgIpc) is 3.09. The Bertz CT molecular complexity index is 996. The Balaban J connectivity index is 1.58. The second kappa shape index (κ2) is 11.0. The van der Waals surface area contributed by atoms with Crippen molar-refractivity contribution in [2.45, 2.75) is 65.0 Å². The minimum Gasteiger partial charge on any atom is -0.330 e. The van der Waals surface area contributed by atoms with E-state index in [2.05, 4.69) is 32.1 Å². The number of likely N-dealkylation sites (tertiary alicyclic amines) is 1. The van der Waals surface area contributed by atoms with Crippen LogP contribution in [0, 0.1) is 23.6 Å². The van der Waals surface area contributed by atoms with Gasteiger partial charge >= 0.3 is 0 Å². The normalized spacial score (nSPS) is 24.6. The van der Waals surface area contributed by atoms with E-state index in [1.807, 2.05) is 53.4 Å². The van der Waals surface area contributed by atoms with Crippen molar-refractivity contribution in [1.29, 1.82) is 0 Å². The van der Waals surface area contributed by atoms with Gasteiger partial charge in [0.1, 0.15) is 5.82 Å². The Hall–Kier alpha value is -2.68. The predicted octanol–water partition coefficient (Wildman–Crippen LogP) is 7.72. The molecule has 0 spiro atoms. The van der Waals surface area contributed by atoms with E-state index in [0.717, 1.165) is 24.0 Å². The smallest absolute Gasteiger partial charge is 0.227 e. The highest BCUT2D eigenvalue weighted by Crippen LogP contribution is 2.49. The van der Waals surface area contributed by atoms with Crippen LogP contribution >= 0.6 is 0 Å². The molecule has 0 N–H and O–H groups in total. The molecule has 0 radical (unpaired) electrons. The van der Waals surface area contributed by atoms with Crippen molar-refractivity contribution in [3.8, 4) is 0 Å². The lowest BCUT2D eigenvalue weighted by Crippen LogP contribution is -2.31. The number of allylic oxidation sites excluding steroid dienone is 2. The monoisotopic (exact) mass is 445 g/mol. The molecule has 0 bridgehead atoms. The summed E-state index contributed by atoms with van der Waals surface area (Å²) in [6.45, 7) is 4.87. The van der Waals surface area contributed by atoms with E-state index in [1.54, 1.807) is 6.07 Å². The highest BCUT2D eigenvalue weighted by atomic mass is 19.1. The van der Waals surface area contributed by atoms with Gasteiger partial charge in [-0.15, -0.1) is 0 Å². The van der Waals surface area contributed by atoms with Crippen LogP contribution in [-0.2, 0) is 11.3 Å². The fourth-order valence-corrected chi connectivity index (χ4v) is 5.47. The third kappa shape index (κ3) is 5.29. The molecule has 33 heavy (non-hydrogen) atoms. The molecule has 3 heteroatoms. The van der Waals surface area contributed by atoms with Crippen LogP contribution in [0.2, 0.25) is 0 Å². The third-order valence-corrected chi connectivity index (χ3v) is 7.24. The van der Waals surface area contributed by atoms with Gasteiger partial charge in [-0.3, -0.25) is 4.79 Å². The maximum atomic E-state index is 15.5. The molecule has 2 aliphatic rings. The second-order valence-corrected chi connectivity index (χ2v) is 9.67. The number of amides is 1. The largest absolute Gasteiger partial charge is 0.330 e. The second-order valence-electron chi connectivity index (χ2n) is 9.67. The number of carbonyl (C=O) groups excluding carboxylic acids is 1. The molecule has 1 heterocycles. The summed E-state index contributed by atoms with van der Waals surface area (Å²) in [7, 11) is 0. The summed E-state index contributed by atoms with van der Waals surface area (Å²) in [6.07, 6.45) is 15.3. The van der Waals surface area contributed by atoms with E-state index >= 15 is 4.39 Å². The first kappa shape index (κ1) is 23.5. The van der Waals surface area contributed by atoms with Crippen LogP contribution in [0.15, 0.2) is 66.8 Å². The number of rotatable bonds is 9. The van der Waals surface area contributed by atoms with Gasteiger partial charge in [0.25, 0.3) is 0 Å². The van der Waals surface area contributed by atoms with Gasteiger partial charge in [0, 0.05) is 23.9 Å². The summed E-state index contributed by atoms with van der Waals surface area (Å²) >= 11 is 0. The van der Waals surface area contributed by atoms with Crippen LogP contribution in [0.4, 0.5) is 4.39 Å². The van der Waals surface area contributed by atoms with Crippen molar-refractivity contribution < 1.29 is 9.18 Å². The molecule has 4 rings (SSSR count). The summed E-state index contributed by atoms with van der Waals surface area (Å²) in [5.74, 6) is 0.145. The van der Waals surface area contributed by atoms with Crippen LogP contribution in [0.25, 0.3) is 6.08 Å². The van der Waals surface area contributed by atoms with Gasteiger partial charge in [-0.05, 0) is 42.4 Å². The zero-order valence-corrected chi connectivity index (χ0v) is 19.9. The van der Waals surface area contributed by atoms with Crippen LogP contribution in [0.5, 0.6) is 0 Å². The van der Waals surface area contributed by atoms with Gasteiger partial charge in [-0.25, -0.2) is 4.39 Å². The molecule has 2 aromatic carbocycles. The van der Waals surface area contributed by atoms with E-state index in [4.69, 9.17) is 0 Å². The van der Waals surface area contributed by atoms with Crippen molar-refractivity contribution in [2.75, 3.05) is 0 Å². The van der Waals surface area contributed by atoms with Gasteiger partial charge in [0.2, 0.25) is 5.91 Å². The first-order valence-electron chi connectivity index (χ1n) is 12.6. The Morgan fingerprint density at radius 1 is 1.09 bits per heavy atom. The van der Waals surface area contributed by atoms with Crippen LogP contribution < -0.4 is 0 Å². The molecular formula is C30H36FNO. The van der Waals surface area contributed by atoms with Gasteiger partial charge in [-0.1, -0.05) is 99.9 Å². The number of nitrogens with zero attached hydrogens (tertiary/aromatic N) is 1. The van der Waals surface area contributed by atoms with Crippen molar-refractivity contribution in [3.63, 3.8) is 0 Å². The Labute approximate surface area is 198 Å². The Morgan fingerprint density at radius 2 is 1.91 bits per heavy atom. The molecule has 2 nitrogen and oxygen atoms in total. The minimum atomic E-state index is -0.270. The van der Waals surface area contributed by atoms with Crippen molar-refractivity contribution in [1.82, 2.24) is 4.90 Å².